The van der Waals surface area contributed by atoms with Crippen LogP contribution in [-0.4, -0.2) is 29.2 Å². The van der Waals surface area contributed by atoms with E-state index in [0.29, 0.717) is 19.4 Å². The minimum atomic E-state index is -1.06. The van der Waals surface area contributed by atoms with Crippen LogP contribution in [0.1, 0.15) is 58.3 Å². The smallest absolute Gasteiger partial charge is 0.329 e. The van der Waals surface area contributed by atoms with E-state index < -0.39 is 11.5 Å². The van der Waals surface area contributed by atoms with E-state index in [0.717, 1.165) is 38.5 Å². The summed E-state index contributed by atoms with van der Waals surface area (Å²) in [4.78, 5) is 23.5. The highest BCUT2D eigenvalue weighted by molar-refractivity contribution is 5.86. The number of nitrogens with one attached hydrogen (secondary N) is 2. The molecule has 3 N–H and O–H groups in total. The Bertz CT molecular complexity index is 356. The molecule has 0 saturated heterocycles. The first-order valence-corrected chi connectivity index (χ1v) is 7.25. The number of rotatable bonds is 4. The average molecular weight is 268 g/mol. The van der Waals surface area contributed by atoms with Crippen LogP contribution in [0.3, 0.4) is 0 Å². The van der Waals surface area contributed by atoms with E-state index in [4.69, 9.17) is 0 Å². The SMILES string of the molecule is CC1(CNC(=O)NC2(C(=O)O)CCCCCC2)CC1. The molecule has 2 fully saturated rings. The van der Waals surface area contributed by atoms with Gasteiger partial charge in [-0.15, -0.1) is 0 Å². The molecule has 0 unspecified atom stereocenters. The van der Waals surface area contributed by atoms with Crippen molar-refractivity contribution in [3.63, 3.8) is 0 Å². The van der Waals surface area contributed by atoms with Crippen LogP contribution in [0, 0.1) is 5.41 Å². The van der Waals surface area contributed by atoms with Gasteiger partial charge in [0.1, 0.15) is 5.54 Å². The highest BCUT2D eigenvalue weighted by atomic mass is 16.4. The zero-order chi connectivity index (χ0) is 13.9. The van der Waals surface area contributed by atoms with Crippen molar-refractivity contribution < 1.29 is 14.7 Å². The van der Waals surface area contributed by atoms with Crippen LogP contribution in [0.5, 0.6) is 0 Å². The Morgan fingerprint density at radius 2 is 1.63 bits per heavy atom. The summed E-state index contributed by atoms with van der Waals surface area (Å²) in [5, 5.41) is 15.0. The molecule has 2 amide bonds. The van der Waals surface area contributed by atoms with Crippen molar-refractivity contribution in [3.8, 4) is 0 Å². The summed E-state index contributed by atoms with van der Waals surface area (Å²) in [5.74, 6) is -0.901. The highest BCUT2D eigenvalue weighted by Crippen LogP contribution is 2.44. The lowest BCUT2D eigenvalue weighted by Gasteiger charge is -2.29. The summed E-state index contributed by atoms with van der Waals surface area (Å²) < 4.78 is 0. The zero-order valence-corrected chi connectivity index (χ0v) is 11.6. The van der Waals surface area contributed by atoms with Gasteiger partial charge >= 0.3 is 12.0 Å². The molecule has 2 aliphatic rings. The number of hydrogen-bond acceptors (Lipinski definition) is 2. The molecule has 0 atom stereocenters. The second-order valence-corrected chi connectivity index (χ2v) is 6.42. The number of urea groups is 1. The number of carbonyl (C=O) groups is 2. The summed E-state index contributed by atoms with van der Waals surface area (Å²) >= 11 is 0. The monoisotopic (exact) mass is 268 g/mol. The number of hydrogen-bond donors (Lipinski definition) is 3. The molecular formula is C14H24N2O3. The summed E-state index contributed by atoms with van der Waals surface area (Å²) in [6.07, 6.45) is 7.18. The van der Waals surface area contributed by atoms with Crippen molar-refractivity contribution in [2.24, 2.45) is 5.41 Å². The van der Waals surface area contributed by atoms with Crippen LogP contribution < -0.4 is 10.6 Å². The third kappa shape index (κ3) is 3.61. The first-order chi connectivity index (χ1) is 8.96. The fourth-order valence-corrected chi connectivity index (χ4v) is 2.67. The quantitative estimate of drug-likeness (QED) is 0.684. The van der Waals surface area contributed by atoms with E-state index in [1.165, 1.54) is 0 Å². The van der Waals surface area contributed by atoms with Gasteiger partial charge in [-0.2, -0.15) is 0 Å². The Balaban J connectivity index is 1.91. The lowest BCUT2D eigenvalue weighted by molar-refractivity contribution is -0.145. The predicted molar refractivity (Wildman–Crippen MR) is 71.9 cm³/mol. The normalized spacial score (nSPS) is 24.1. The van der Waals surface area contributed by atoms with Crippen molar-refractivity contribution in [2.75, 3.05) is 6.54 Å². The lowest BCUT2D eigenvalue weighted by Crippen LogP contribution is -2.57. The maximum absolute atomic E-state index is 11.9. The Morgan fingerprint density at radius 1 is 1.05 bits per heavy atom. The van der Waals surface area contributed by atoms with Gasteiger partial charge in [0, 0.05) is 6.54 Å². The van der Waals surface area contributed by atoms with Crippen LogP contribution in [0.25, 0.3) is 0 Å². The molecule has 0 spiro atoms. The summed E-state index contributed by atoms with van der Waals surface area (Å²) in [6.45, 7) is 2.76. The lowest BCUT2D eigenvalue weighted by atomic mass is 9.90. The Hall–Kier alpha value is -1.26. The van der Waals surface area contributed by atoms with Crippen LogP contribution in [0.15, 0.2) is 0 Å². The Labute approximate surface area is 114 Å². The Kier molecular flexibility index (Phi) is 4.02. The molecule has 2 saturated carbocycles. The molecule has 0 aromatic rings. The zero-order valence-electron chi connectivity index (χ0n) is 11.6. The fourth-order valence-electron chi connectivity index (χ4n) is 2.67. The topological polar surface area (TPSA) is 78.4 Å². The van der Waals surface area contributed by atoms with Crippen LogP contribution in [0.2, 0.25) is 0 Å². The highest BCUT2D eigenvalue weighted by Gasteiger charge is 2.41. The third-order valence-corrected chi connectivity index (χ3v) is 4.50. The first-order valence-electron chi connectivity index (χ1n) is 7.25. The predicted octanol–water partition coefficient (Wildman–Crippen LogP) is 2.26. The van der Waals surface area contributed by atoms with E-state index in [9.17, 15) is 14.7 Å². The standard InChI is InChI=1S/C14H24N2O3/c1-13(8-9-13)10-15-12(19)16-14(11(17)18)6-4-2-3-5-7-14/h2-10H2,1H3,(H,17,18)(H2,15,16,19). The maximum Gasteiger partial charge on any atom is 0.329 e. The third-order valence-electron chi connectivity index (χ3n) is 4.50. The van der Waals surface area contributed by atoms with Crippen LogP contribution in [-0.2, 0) is 4.79 Å². The van der Waals surface area contributed by atoms with Gasteiger partial charge in [-0.05, 0) is 31.1 Å². The molecule has 0 aromatic heterocycles. The summed E-state index contributed by atoms with van der Waals surface area (Å²) in [7, 11) is 0. The van der Waals surface area contributed by atoms with Crippen molar-refractivity contribution in [1.82, 2.24) is 10.6 Å². The number of aliphatic carboxylic acids is 1. The van der Waals surface area contributed by atoms with Gasteiger partial charge in [-0.1, -0.05) is 32.6 Å². The van der Waals surface area contributed by atoms with Gasteiger partial charge in [0.15, 0.2) is 0 Å². The van der Waals surface area contributed by atoms with Crippen molar-refractivity contribution in [1.29, 1.82) is 0 Å². The molecule has 108 valence electrons. The molecule has 2 aliphatic carbocycles. The van der Waals surface area contributed by atoms with Crippen molar-refractivity contribution >= 4 is 12.0 Å². The van der Waals surface area contributed by atoms with Crippen molar-refractivity contribution in [3.05, 3.63) is 0 Å². The maximum atomic E-state index is 11.9. The van der Waals surface area contributed by atoms with E-state index in [1.807, 2.05) is 0 Å². The molecule has 0 heterocycles. The number of amides is 2. The fraction of sp³-hybridized carbons (Fsp3) is 0.857. The average Bonchev–Trinajstić information content (AvgIpc) is 3.12. The van der Waals surface area contributed by atoms with E-state index >= 15 is 0 Å². The number of carboxylic acid groups (broad SMARTS) is 1. The van der Waals surface area contributed by atoms with Gasteiger partial charge in [0.2, 0.25) is 0 Å². The second-order valence-electron chi connectivity index (χ2n) is 6.42. The Morgan fingerprint density at radius 3 is 2.11 bits per heavy atom. The largest absolute Gasteiger partial charge is 0.480 e. The first kappa shape index (κ1) is 14.2. The van der Waals surface area contributed by atoms with E-state index in [-0.39, 0.29) is 11.4 Å². The molecule has 2 rings (SSSR count). The van der Waals surface area contributed by atoms with Crippen molar-refractivity contribution in [2.45, 2.75) is 63.8 Å². The minimum absolute atomic E-state index is 0.233. The summed E-state index contributed by atoms with van der Waals surface area (Å²) in [5.41, 5.74) is -0.831. The number of carboxylic acids is 1. The minimum Gasteiger partial charge on any atom is -0.480 e. The van der Waals surface area contributed by atoms with E-state index in [2.05, 4.69) is 17.6 Å². The summed E-state index contributed by atoms with van der Waals surface area (Å²) in [6, 6.07) is -0.336. The van der Waals surface area contributed by atoms with Gasteiger partial charge in [0.25, 0.3) is 0 Å². The van der Waals surface area contributed by atoms with Gasteiger partial charge < -0.3 is 15.7 Å². The van der Waals surface area contributed by atoms with Crippen LogP contribution >= 0.6 is 0 Å². The molecule has 0 aromatic carbocycles. The molecule has 5 heteroatoms. The second kappa shape index (κ2) is 5.39. The van der Waals surface area contributed by atoms with E-state index in [1.54, 1.807) is 0 Å². The molecular weight excluding hydrogens is 244 g/mol. The molecule has 0 bridgehead atoms. The van der Waals surface area contributed by atoms with Gasteiger partial charge in [0.05, 0.1) is 0 Å². The molecule has 19 heavy (non-hydrogen) atoms. The van der Waals surface area contributed by atoms with Crippen LogP contribution in [0.4, 0.5) is 4.79 Å². The van der Waals surface area contributed by atoms with Gasteiger partial charge in [-0.25, -0.2) is 9.59 Å². The van der Waals surface area contributed by atoms with Gasteiger partial charge in [-0.3, -0.25) is 0 Å². The molecule has 5 nitrogen and oxygen atoms in total. The molecule has 0 radical (unpaired) electrons. The molecule has 0 aliphatic heterocycles. The number of carbonyl (C=O) groups excluding carboxylic acids is 1.